The van der Waals surface area contributed by atoms with Gasteiger partial charge in [-0.3, -0.25) is 24.1 Å². The molecule has 11 heteroatoms. The normalized spacial score (nSPS) is 17.9. The molecule has 0 radical (unpaired) electrons. The summed E-state index contributed by atoms with van der Waals surface area (Å²) in [7, 11) is 0. The van der Waals surface area contributed by atoms with Crippen molar-refractivity contribution in [2.45, 2.75) is 25.7 Å². The molecule has 1 amide bonds. The van der Waals surface area contributed by atoms with Crippen LogP contribution < -0.4 is 19.9 Å². The summed E-state index contributed by atoms with van der Waals surface area (Å²) in [4.78, 5) is 41.8. The molecular weight excluding hydrogens is 621 g/mol. The van der Waals surface area contributed by atoms with Crippen molar-refractivity contribution in [1.29, 1.82) is 0 Å². The highest BCUT2D eigenvalue weighted by molar-refractivity contribution is 7.14. The number of carbonyl (C=O) groups excluding carboxylic acids is 2. The molecule has 4 heterocycles. The van der Waals surface area contributed by atoms with Gasteiger partial charge in [0.1, 0.15) is 24.3 Å². The van der Waals surface area contributed by atoms with E-state index in [1.807, 2.05) is 29.6 Å². The van der Waals surface area contributed by atoms with Gasteiger partial charge in [-0.1, -0.05) is 42.5 Å². The van der Waals surface area contributed by atoms with E-state index in [1.165, 1.54) is 19.1 Å². The van der Waals surface area contributed by atoms with Gasteiger partial charge in [0.2, 0.25) is 5.43 Å². The number of amides is 1. The molecule has 1 aliphatic carbocycles. The lowest BCUT2D eigenvalue weighted by molar-refractivity contribution is -0.131. The number of esters is 1. The molecule has 47 heavy (non-hydrogen) atoms. The summed E-state index contributed by atoms with van der Waals surface area (Å²) in [5.41, 5.74) is 4.93. The molecule has 0 saturated carbocycles. The van der Waals surface area contributed by atoms with Crippen LogP contribution in [0.25, 0.3) is 21.6 Å². The Labute approximate surface area is 272 Å². The molecular formula is C36H28FN3O6S. The molecule has 9 nitrogen and oxygen atoms in total. The van der Waals surface area contributed by atoms with Crippen LogP contribution in [-0.2, 0) is 16.1 Å². The minimum Gasteiger partial charge on any atom is -0.482 e. The van der Waals surface area contributed by atoms with Gasteiger partial charge in [0, 0.05) is 36.2 Å². The molecule has 0 N–H and O–H groups in total. The minimum absolute atomic E-state index is 0.000987. The lowest BCUT2D eigenvalue weighted by Crippen LogP contribution is -2.66. The lowest BCUT2D eigenvalue weighted by atomic mass is 9.92. The first-order chi connectivity index (χ1) is 22.9. The second-order valence-corrected chi connectivity index (χ2v) is 12.5. The summed E-state index contributed by atoms with van der Waals surface area (Å²) >= 11 is 1.60. The highest BCUT2D eigenvalue weighted by Crippen LogP contribution is 2.50. The predicted octanol–water partition coefficient (Wildman–Crippen LogP) is 5.74. The van der Waals surface area contributed by atoms with Crippen LogP contribution in [0.4, 0.5) is 4.39 Å². The van der Waals surface area contributed by atoms with E-state index >= 15 is 0 Å². The smallest absolute Gasteiger partial charge is 0.308 e. The molecule has 3 aliphatic rings. The summed E-state index contributed by atoms with van der Waals surface area (Å²) in [5.74, 6) is -0.796. The number of hydrogen-bond donors (Lipinski definition) is 0. The van der Waals surface area contributed by atoms with Crippen LogP contribution in [0.2, 0.25) is 0 Å². The standard InChI is InChI=1S/C36H28FN3O6S/c1-21(41)46-24-9-6-22(7-10-24)19-45-34-30(42)12-14-39-33(34)36(43)38-15-16-44-20-31(38)40(39)32-25-4-2-3-5-27(25)35-28(13-17-47-35)29-18-23(37)8-11-26(29)32/h2-14,17-18,31-32H,15-16,19-20H2,1H3. The monoisotopic (exact) mass is 649 g/mol. The van der Waals surface area contributed by atoms with Gasteiger partial charge in [-0.15, -0.1) is 11.3 Å². The van der Waals surface area contributed by atoms with E-state index in [4.69, 9.17) is 14.2 Å². The maximum absolute atomic E-state index is 14.9. The van der Waals surface area contributed by atoms with E-state index in [0.717, 1.165) is 32.7 Å². The molecule has 0 bridgehead atoms. The summed E-state index contributed by atoms with van der Waals surface area (Å²) in [6, 6.07) is 22.6. The van der Waals surface area contributed by atoms with Gasteiger partial charge >= 0.3 is 5.97 Å². The second-order valence-electron chi connectivity index (χ2n) is 11.5. The summed E-state index contributed by atoms with van der Waals surface area (Å²) in [6.07, 6.45) is 1.08. The van der Waals surface area contributed by atoms with Crippen molar-refractivity contribution in [3.05, 3.63) is 129 Å². The Kier molecular flexibility index (Phi) is 7.15. The maximum atomic E-state index is 14.9. The molecule has 5 aromatic rings. The predicted molar refractivity (Wildman–Crippen MR) is 174 cm³/mol. The largest absolute Gasteiger partial charge is 0.482 e. The van der Waals surface area contributed by atoms with E-state index in [0.29, 0.717) is 24.5 Å². The van der Waals surface area contributed by atoms with E-state index in [2.05, 4.69) is 17.1 Å². The number of morpholine rings is 1. The number of aromatic nitrogens is 1. The fourth-order valence-corrected chi connectivity index (χ4v) is 7.72. The van der Waals surface area contributed by atoms with Crippen LogP contribution >= 0.6 is 11.3 Å². The number of pyridine rings is 1. The van der Waals surface area contributed by atoms with E-state index in [1.54, 1.807) is 57.4 Å². The molecule has 8 rings (SSSR count). The van der Waals surface area contributed by atoms with Gasteiger partial charge in [0.15, 0.2) is 11.4 Å². The molecule has 2 atom stereocenters. The average Bonchev–Trinajstić information content (AvgIpc) is 3.53. The molecule has 3 aromatic carbocycles. The van der Waals surface area contributed by atoms with E-state index in [-0.39, 0.29) is 36.4 Å². The number of halogens is 1. The zero-order valence-corrected chi connectivity index (χ0v) is 26.0. The van der Waals surface area contributed by atoms with Crippen molar-refractivity contribution in [1.82, 2.24) is 9.58 Å². The van der Waals surface area contributed by atoms with Gasteiger partial charge < -0.3 is 19.1 Å². The lowest BCUT2D eigenvalue weighted by Gasteiger charge is -2.51. The molecule has 0 spiro atoms. The first-order valence-electron chi connectivity index (χ1n) is 15.2. The molecule has 1 fully saturated rings. The number of thiophene rings is 1. The summed E-state index contributed by atoms with van der Waals surface area (Å²) in [6.45, 7) is 2.23. The van der Waals surface area contributed by atoms with Crippen molar-refractivity contribution >= 4 is 23.2 Å². The Bertz CT molecular complexity index is 2110. The highest BCUT2D eigenvalue weighted by Gasteiger charge is 2.46. The Morgan fingerprint density at radius 3 is 2.62 bits per heavy atom. The average molecular weight is 650 g/mol. The maximum Gasteiger partial charge on any atom is 0.308 e. The number of benzene rings is 3. The van der Waals surface area contributed by atoms with Gasteiger partial charge in [-0.25, -0.2) is 4.39 Å². The van der Waals surface area contributed by atoms with Crippen LogP contribution in [-0.4, -0.2) is 47.4 Å². The summed E-state index contributed by atoms with van der Waals surface area (Å²) < 4.78 is 33.9. The van der Waals surface area contributed by atoms with Crippen molar-refractivity contribution in [2.24, 2.45) is 0 Å². The van der Waals surface area contributed by atoms with Crippen LogP contribution in [0.3, 0.4) is 0 Å². The number of carbonyl (C=O) groups is 2. The van der Waals surface area contributed by atoms with Crippen LogP contribution in [0.15, 0.2) is 95.2 Å². The third-order valence-corrected chi connectivity index (χ3v) is 9.70. The van der Waals surface area contributed by atoms with Crippen molar-refractivity contribution < 1.29 is 28.2 Å². The van der Waals surface area contributed by atoms with E-state index in [9.17, 15) is 18.8 Å². The Morgan fingerprint density at radius 1 is 0.979 bits per heavy atom. The summed E-state index contributed by atoms with van der Waals surface area (Å²) in [5, 5.41) is 4.07. The van der Waals surface area contributed by atoms with Gasteiger partial charge in [-0.2, -0.15) is 0 Å². The van der Waals surface area contributed by atoms with Gasteiger partial charge in [-0.05, 0) is 63.5 Å². The first kappa shape index (κ1) is 29.2. The number of rotatable bonds is 5. The number of hydrogen-bond acceptors (Lipinski definition) is 8. The Balaban J connectivity index is 1.29. The topological polar surface area (TPSA) is 90.3 Å². The first-order valence-corrected chi connectivity index (χ1v) is 16.1. The number of fused-ring (bicyclic) bond motifs is 7. The zero-order chi connectivity index (χ0) is 32.2. The second kappa shape index (κ2) is 11.5. The van der Waals surface area contributed by atoms with E-state index < -0.39 is 23.6 Å². The van der Waals surface area contributed by atoms with Crippen LogP contribution in [0.1, 0.15) is 40.1 Å². The Morgan fingerprint density at radius 2 is 1.79 bits per heavy atom. The van der Waals surface area contributed by atoms with Gasteiger partial charge in [0.25, 0.3) is 5.91 Å². The van der Waals surface area contributed by atoms with Crippen molar-refractivity contribution in [2.75, 3.05) is 24.8 Å². The SMILES string of the molecule is CC(=O)Oc1ccc(COc2c3n(ccc2=O)N(C2c4ccc(F)cc4-c4ccsc4-c4ccccc42)C2COCCN2C3=O)cc1. The fraction of sp³-hybridized carbons (Fsp3) is 0.194. The van der Waals surface area contributed by atoms with Crippen molar-refractivity contribution in [3.8, 4) is 33.1 Å². The highest BCUT2D eigenvalue weighted by atomic mass is 32.1. The third-order valence-electron chi connectivity index (χ3n) is 8.75. The van der Waals surface area contributed by atoms with Crippen LogP contribution in [0.5, 0.6) is 11.5 Å². The number of ether oxygens (including phenoxy) is 3. The molecule has 2 aromatic heterocycles. The third kappa shape index (κ3) is 4.90. The Hall–Kier alpha value is -5.26. The molecule has 2 aliphatic heterocycles. The fourth-order valence-electron chi connectivity index (χ4n) is 6.76. The van der Waals surface area contributed by atoms with Crippen LogP contribution in [0, 0.1) is 5.82 Å². The molecule has 2 unspecified atom stereocenters. The van der Waals surface area contributed by atoms with Crippen molar-refractivity contribution in [3.63, 3.8) is 0 Å². The molecule has 236 valence electrons. The molecule has 1 saturated heterocycles. The number of nitrogens with zero attached hydrogens (tertiary/aromatic N) is 3. The minimum atomic E-state index is -0.528. The quantitative estimate of drug-likeness (QED) is 0.177. The zero-order valence-electron chi connectivity index (χ0n) is 25.2. The van der Waals surface area contributed by atoms with Gasteiger partial charge in [0.05, 0.1) is 19.3 Å².